The molecule has 0 aliphatic carbocycles. The quantitative estimate of drug-likeness (QED) is 0.544. The van der Waals surface area contributed by atoms with Crippen LogP contribution in [0.4, 0.5) is 11.9 Å². The molecule has 6 N–H and O–H groups in total. The summed E-state index contributed by atoms with van der Waals surface area (Å²) < 4.78 is 0. The average Bonchev–Trinajstić information content (AvgIpc) is 2.24. The highest BCUT2D eigenvalue weighted by Crippen LogP contribution is 2.07. The summed E-state index contributed by atoms with van der Waals surface area (Å²) in [5, 5.41) is 6.18. The van der Waals surface area contributed by atoms with Gasteiger partial charge in [-0.25, -0.2) is 0 Å². The van der Waals surface area contributed by atoms with E-state index in [4.69, 9.17) is 11.5 Å². The number of hydrogen-bond acceptors (Lipinski definition) is 7. The summed E-state index contributed by atoms with van der Waals surface area (Å²) in [6.07, 6.45) is 0.837. The second-order valence-corrected chi connectivity index (χ2v) is 4.91. The zero-order chi connectivity index (χ0) is 13.6. The fraction of sp³-hybridized carbons (Fsp3) is 0.727. The minimum atomic E-state index is -0.199. The number of hydrogen-bond donors (Lipinski definition) is 4. The molecule has 7 nitrogen and oxygen atoms in total. The normalized spacial score (nSPS) is 11.4. The molecule has 0 aliphatic rings. The second kappa shape index (κ2) is 6.46. The summed E-state index contributed by atoms with van der Waals surface area (Å²) in [5.74, 6) is 1.77. The maximum atomic E-state index is 5.91. The number of anilines is 2. The molecule has 0 saturated heterocycles. The van der Waals surface area contributed by atoms with Crippen LogP contribution in [-0.4, -0.2) is 40.1 Å². The van der Waals surface area contributed by atoms with Crippen LogP contribution in [0.2, 0.25) is 0 Å². The van der Waals surface area contributed by atoms with E-state index in [-0.39, 0.29) is 5.54 Å². The van der Waals surface area contributed by atoms with Crippen LogP contribution < -0.4 is 22.1 Å². The van der Waals surface area contributed by atoms with Crippen molar-refractivity contribution >= 4 is 11.9 Å². The van der Waals surface area contributed by atoms with Crippen LogP contribution in [0.15, 0.2) is 0 Å². The molecular formula is C11H23N7. The number of aromatic nitrogens is 3. The van der Waals surface area contributed by atoms with Gasteiger partial charge in [0.25, 0.3) is 0 Å². The lowest BCUT2D eigenvalue weighted by atomic mass is 10.0. The molecule has 0 aliphatic heterocycles. The van der Waals surface area contributed by atoms with Gasteiger partial charge in [-0.3, -0.25) is 0 Å². The fourth-order valence-electron chi connectivity index (χ4n) is 1.32. The molecule has 0 radical (unpaired) electrons. The zero-order valence-electron chi connectivity index (χ0n) is 11.3. The zero-order valence-corrected chi connectivity index (χ0v) is 11.3. The molecule has 0 fully saturated rings. The van der Waals surface area contributed by atoms with Gasteiger partial charge in [0.15, 0.2) is 0 Å². The molecule has 0 aromatic carbocycles. The maximum absolute atomic E-state index is 5.91. The van der Waals surface area contributed by atoms with Gasteiger partial charge in [-0.2, -0.15) is 15.0 Å². The summed E-state index contributed by atoms with van der Waals surface area (Å²) in [5.41, 5.74) is 11.1. The molecule has 0 amide bonds. The van der Waals surface area contributed by atoms with Gasteiger partial charge in [-0.05, 0) is 27.2 Å². The largest absolute Gasteiger partial charge is 0.354 e. The van der Waals surface area contributed by atoms with Crippen LogP contribution in [0.25, 0.3) is 0 Å². The van der Waals surface area contributed by atoms with Crippen molar-refractivity contribution in [3.8, 4) is 0 Å². The molecule has 1 heterocycles. The lowest BCUT2D eigenvalue weighted by molar-refractivity contribution is 0.490. The minimum absolute atomic E-state index is 0.199. The van der Waals surface area contributed by atoms with E-state index >= 15 is 0 Å². The summed E-state index contributed by atoms with van der Waals surface area (Å²) in [6, 6.07) is 0. The maximum Gasteiger partial charge on any atom is 0.227 e. The van der Waals surface area contributed by atoms with E-state index < -0.39 is 0 Å². The van der Waals surface area contributed by atoms with Gasteiger partial charge in [0.1, 0.15) is 5.82 Å². The summed E-state index contributed by atoms with van der Waals surface area (Å²) in [4.78, 5) is 12.6. The SMILES string of the molecule is Cc1nc(NCCN)nc(NCCC(C)(C)N)n1. The average molecular weight is 253 g/mol. The highest BCUT2D eigenvalue weighted by molar-refractivity contribution is 5.34. The first-order chi connectivity index (χ1) is 8.40. The first-order valence-electron chi connectivity index (χ1n) is 6.10. The lowest BCUT2D eigenvalue weighted by Crippen LogP contribution is -2.34. The molecular weight excluding hydrogens is 230 g/mol. The van der Waals surface area contributed by atoms with Crippen molar-refractivity contribution in [3.63, 3.8) is 0 Å². The summed E-state index contributed by atoms with van der Waals surface area (Å²) in [6.45, 7) is 7.70. The third-order valence-corrected chi connectivity index (χ3v) is 2.23. The van der Waals surface area contributed by atoms with Gasteiger partial charge >= 0.3 is 0 Å². The van der Waals surface area contributed by atoms with Crippen LogP contribution >= 0.6 is 0 Å². The summed E-state index contributed by atoms with van der Waals surface area (Å²) >= 11 is 0. The first-order valence-corrected chi connectivity index (χ1v) is 6.10. The molecule has 18 heavy (non-hydrogen) atoms. The predicted molar refractivity (Wildman–Crippen MR) is 73.5 cm³/mol. The molecule has 102 valence electrons. The van der Waals surface area contributed by atoms with E-state index in [2.05, 4.69) is 25.6 Å². The molecule has 0 saturated carbocycles. The molecule has 1 aromatic rings. The van der Waals surface area contributed by atoms with Crippen molar-refractivity contribution in [1.82, 2.24) is 15.0 Å². The van der Waals surface area contributed by atoms with E-state index in [0.29, 0.717) is 30.8 Å². The minimum Gasteiger partial charge on any atom is -0.354 e. The number of nitrogens with two attached hydrogens (primary N) is 2. The number of nitrogens with one attached hydrogen (secondary N) is 2. The molecule has 1 aromatic heterocycles. The number of aryl methyl sites for hydroxylation is 1. The van der Waals surface area contributed by atoms with Crippen LogP contribution in [-0.2, 0) is 0 Å². The molecule has 0 spiro atoms. The van der Waals surface area contributed by atoms with E-state index in [1.807, 2.05) is 20.8 Å². The summed E-state index contributed by atoms with van der Waals surface area (Å²) in [7, 11) is 0. The van der Waals surface area contributed by atoms with Crippen molar-refractivity contribution in [3.05, 3.63) is 5.82 Å². The van der Waals surface area contributed by atoms with Crippen LogP contribution in [0.5, 0.6) is 0 Å². The highest BCUT2D eigenvalue weighted by atomic mass is 15.2. The molecule has 0 bridgehead atoms. The van der Waals surface area contributed by atoms with Crippen molar-refractivity contribution in [2.45, 2.75) is 32.7 Å². The van der Waals surface area contributed by atoms with Gasteiger partial charge in [0.2, 0.25) is 11.9 Å². The third-order valence-electron chi connectivity index (χ3n) is 2.23. The number of nitrogens with zero attached hydrogens (tertiary/aromatic N) is 3. The third kappa shape index (κ3) is 5.74. The van der Waals surface area contributed by atoms with Crippen molar-refractivity contribution in [2.75, 3.05) is 30.3 Å². The molecule has 7 heteroatoms. The van der Waals surface area contributed by atoms with Crippen molar-refractivity contribution in [2.24, 2.45) is 11.5 Å². The van der Waals surface area contributed by atoms with E-state index in [1.54, 1.807) is 0 Å². The van der Waals surface area contributed by atoms with Gasteiger partial charge in [0.05, 0.1) is 0 Å². The van der Waals surface area contributed by atoms with E-state index in [0.717, 1.165) is 13.0 Å². The van der Waals surface area contributed by atoms with Crippen molar-refractivity contribution in [1.29, 1.82) is 0 Å². The Morgan fingerprint density at radius 2 is 1.61 bits per heavy atom. The Morgan fingerprint density at radius 1 is 1.06 bits per heavy atom. The Morgan fingerprint density at radius 3 is 2.11 bits per heavy atom. The van der Waals surface area contributed by atoms with Crippen LogP contribution in [0.3, 0.4) is 0 Å². The smallest absolute Gasteiger partial charge is 0.227 e. The topological polar surface area (TPSA) is 115 Å². The van der Waals surface area contributed by atoms with Crippen molar-refractivity contribution < 1.29 is 0 Å². The highest BCUT2D eigenvalue weighted by Gasteiger charge is 2.10. The fourth-order valence-corrected chi connectivity index (χ4v) is 1.32. The molecule has 0 atom stereocenters. The second-order valence-electron chi connectivity index (χ2n) is 4.91. The molecule has 0 unspecified atom stereocenters. The lowest BCUT2D eigenvalue weighted by Gasteiger charge is -2.18. The van der Waals surface area contributed by atoms with Crippen LogP contribution in [0, 0.1) is 6.92 Å². The Bertz CT molecular complexity index is 372. The Labute approximate surface area is 108 Å². The Kier molecular flexibility index (Phi) is 5.24. The van der Waals surface area contributed by atoms with Gasteiger partial charge in [-0.1, -0.05) is 0 Å². The first kappa shape index (κ1) is 14.6. The monoisotopic (exact) mass is 253 g/mol. The Hall–Kier alpha value is -1.47. The predicted octanol–water partition coefficient (Wildman–Crippen LogP) is 0.0899. The van der Waals surface area contributed by atoms with E-state index in [9.17, 15) is 0 Å². The van der Waals surface area contributed by atoms with Gasteiger partial charge in [0, 0.05) is 25.2 Å². The van der Waals surface area contributed by atoms with E-state index in [1.165, 1.54) is 0 Å². The Balaban J connectivity index is 2.57. The molecule has 1 rings (SSSR count). The van der Waals surface area contributed by atoms with Gasteiger partial charge in [-0.15, -0.1) is 0 Å². The number of rotatable bonds is 7. The standard InChI is InChI=1S/C11H23N7/c1-8-16-9(14-6-4-11(2,3)13)18-10(17-8)15-7-5-12/h4-7,12-13H2,1-3H3,(H2,14,15,16,17,18). The van der Waals surface area contributed by atoms with Gasteiger partial charge < -0.3 is 22.1 Å². The van der Waals surface area contributed by atoms with Crippen LogP contribution in [0.1, 0.15) is 26.1 Å².